The standard InChI is InChI=1S/C15H16N2O2S2/c1-8-13(9(2)18)21-15(16-8)17-14(19)12-7-10-5-3-4-6-11(10)20-12/h7H,3-6H2,1-2H3,(H,16,17,19). The molecule has 0 saturated heterocycles. The second-order valence-corrected chi connectivity index (χ2v) is 7.35. The lowest BCUT2D eigenvalue weighted by molar-refractivity contribution is 0.101. The quantitative estimate of drug-likeness (QED) is 0.874. The van der Waals surface area contributed by atoms with E-state index in [0.717, 1.165) is 17.7 Å². The zero-order valence-corrected chi connectivity index (χ0v) is 13.6. The number of ketones is 1. The molecule has 21 heavy (non-hydrogen) atoms. The van der Waals surface area contributed by atoms with E-state index in [2.05, 4.69) is 10.3 Å². The van der Waals surface area contributed by atoms with Crippen LogP contribution in [0.5, 0.6) is 0 Å². The van der Waals surface area contributed by atoms with Crippen molar-refractivity contribution in [2.75, 3.05) is 5.32 Å². The number of hydrogen-bond donors (Lipinski definition) is 1. The first-order valence-corrected chi connectivity index (χ1v) is 8.59. The van der Waals surface area contributed by atoms with E-state index in [-0.39, 0.29) is 11.7 Å². The number of thiophene rings is 1. The van der Waals surface area contributed by atoms with E-state index in [4.69, 9.17) is 0 Å². The van der Waals surface area contributed by atoms with E-state index in [1.54, 1.807) is 18.3 Å². The van der Waals surface area contributed by atoms with E-state index in [1.807, 2.05) is 6.07 Å². The van der Waals surface area contributed by atoms with Crippen LogP contribution >= 0.6 is 22.7 Å². The van der Waals surface area contributed by atoms with Gasteiger partial charge in [-0.05, 0) is 44.2 Å². The highest BCUT2D eigenvalue weighted by molar-refractivity contribution is 7.18. The van der Waals surface area contributed by atoms with E-state index >= 15 is 0 Å². The van der Waals surface area contributed by atoms with Crippen LogP contribution in [0, 0.1) is 6.92 Å². The third-order valence-corrected chi connectivity index (χ3v) is 5.97. The molecule has 110 valence electrons. The molecule has 1 aliphatic rings. The van der Waals surface area contributed by atoms with Gasteiger partial charge in [-0.3, -0.25) is 14.9 Å². The molecule has 1 aliphatic carbocycles. The molecule has 0 saturated carbocycles. The minimum absolute atomic E-state index is 0.0166. The van der Waals surface area contributed by atoms with E-state index < -0.39 is 0 Å². The van der Waals surface area contributed by atoms with Gasteiger partial charge >= 0.3 is 0 Å². The van der Waals surface area contributed by atoms with Gasteiger partial charge in [-0.2, -0.15) is 0 Å². The monoisotopic (exact) mass is 320 g/mol. The van der Waals surface area contributed by atoms with Crippen LogP contribution < -0.4 is 5.32 Å². The smallest absolute Gasteiger partial charge is 0.267 e. The van der Waals surface area contributed by atoms with Crippen molar-refractivity contribution in [3.63, 3.8) is 0 Å². The fraction of sp³-hybridized carbons (Fsp3) is 0.400. The number of aryl methyl sites for hydroxylation is 3. The Kier molecular flexibility index (Phi) is 3.91. The number of hydrogen-bond acceptors (Lipinski definition) is 5. The van der Waals surface area contributed by atoms with Gasteiger partial charge < -0.3 is 0 Å². The summed E-state index contributed by atoms with van der Waals surface area (Å²) in [4.78, 5) is 30.7. The minimum Gasteiger partial charge on any atom is -0.297 e. The summed E-state index contributed by atoms with van der Waals surface area (Å²) in [5.41, 5.74) is 1.99. The highest BCUT2D eigenvalue weighted by atomic mass is 32.1. The van der Waals surface area contributed by atoms with Crippen molar-refractivity contribution in [1.29, 1.82) is 0 Å². The summed E-state index contributed by atoms with van der Waals surface area (Å²) in [7, 11) is 0. The normalized spacial score (nSPS) is 13.8. The number of Topliss-reactive ketones (excluding diaryl/α,β-unsaturated/α-hetero) is 1. The second kappa shape index (κ2) is 5.69. The number of thiazole rings is 1. The number of anilines is 1. The molecule has 1 N–H and O–H groups in total. The third-order valence-electron chi connectivity index (χ3n) is 3.56. The number of carbonyl (C=O) groups excluding carboxylic acids is 2. The number of aromatic nitrogens is 1. The van der Waals surface area contributed by atoms with Gasteiger partial charge in [-0.15, -0.1) is 11.3 Å². The Bertz CT molecular complexity index is 692. The van der Waals surface area contributed by atoms with Crippen molar-refractivity contribution < 1.29 is 9.59 Å². The Morgan fingerprint density at radius 2 is 2.00 bits per heavy atom. The van der Waals surface area contributed by atoms with Gasteiger partial charge in [0.15, 0.2) is 10.9 Å². The lowest BCUT2D eigenvalue weighted by Crippen LogP contribution is -2.09. The summed E-state index contributed by atoms with van der Waals surface area (Å²) < 4.78 is 0. The van der Waals surface area contributed by atoms with Crippen LogP contribution in [0.25, 0.3) is 0 Å². The summed E-state index contributed by atoms with van der Waals surface area (Å²) in [6, 6.07) is 2.00. The van der Waals surface area contributed by atoms with Crippen molar-refractivity contribution in [3.8, 4) is 0 Å². The van der Waals surface area contributed by atoms with Gasteiger partial charge in [0, 0.05) is 11.8 Å². The number of nitrogens with one attached hydrogen (secondary N) is 1. The summed E-state index contributed by atoms with van der Waals surface area (Å²) in [5, 5.41) is 3.30. The average Bonchev–Trinajstić information content (AvgIpc) is 3.02. The zero-order chi connectivity index (χ0) is 15.0. The Morgan fingerprint density at radius 3 is 2.67 bits per heavy atom. The molecule has 6 heteroatoms. The van der Waals surface area contributed by atoms with E-state index in [1.165, 1.54) is 41.5 Å². The molecule has 2 heterocycles. The Hall–Kier alpha value is -1.53. The molecule has 1 amide bonds. The first-order valence-electron chi connectivity index (χ1n) is 6.96. The zero-order valence-electron chi connectivity index (χ0n) is 12.0. The predicted octanol–water partition coefficient (Wildman–Crippen LogP) is 3.85. The molecule has 4 nitrogen and oxygen atoms in total. The molecular formula is C15H16N2O2S2. The van der Waals surface area contributed by atoms with Crippen molar-refractivity contribution >= 4 is 39.5 Å². The number of carbonyl (C=O) groups is 2. The molecule has 2 aromatic rings. The van der Waals surface area contributed by atoms with E-state index in [9.17, 15) is 9.59 Å². The van der Waals surface area contributed by atoms with Gasteiger partial charge in [0.25, 0.3) is 5.91 Å². The van der Waals surface area contributed by atoms with Crippen LogP contribution in [0.3, 0.4) is 0 Å². The summed E-state index contributed by atoms with van der Waals surface area (Å²) in [5.74, 6) is -0.143. The van der Waals surface area contributed by atoms with Crippen molar-refractivity contribution in [2.24, 2.45) is 0 Å². The number of rotatable bonds is 3. The van der Waals surface area contributed by atoms with Crippen LogP contribution in [0.4, 0.5) is 5.13 Å². The lowest BCUT2D eigenvalue weighted by atomic mass is 9.99. The van der Waals surface area contributed by atoms with Crippen molar-refractivity contribution in [2.45, 2.75) is 39.5 Å². The average molecular weight is 320 g/mol. The highest BCUT2D eigenvalue weighted by Gasteiger charge is 2.19. The van der Waals surface area contributed by atoms with Crippen molar-refractivity contribution in [3.05, 3.63) is 32.0 Å². The maximum Gasteiger partial charge on any atom is 0.267 e. The van der Waals surface area contributed by atoms with E-state index in [0.29, 0.717) is 15.7 Å². The number of amides is 1. The summed E-state index contributed by atoms with van der Waals surface area (Å²) >= 11 is 2.82. The molecule has 2 aromatic heterocycles. The lowest BCUT2D eigenvalue weighted by Gasteiger charge is -2.08. The predicted molar refractivity (Wildman–Crippen MR) is 85.8 cm³/mol. The molecule has 3 rings (SSSR count). The van der Waals surface area contributed by atoms with Gasteiger partial charge in [-0.25, -0.2) is 4.98 Å². The fourth-order valence-corrected chi connectivity index (χ4v) is 4.54. The van der Waals surface area contributed by atoms with Gasteiger partial charge in [0.2, 0.25) is 0 Å². The van der Waals surface area contributed by atoms with Crippen molar-refractivity contribution in [1.82, 2.24) is 4.98 Å². The molecular weight excluding hydrogens is 304 g/mol. The molecule has 0 aliphatic heterocycles. The first kappa shape index (κ1) is 14.4. The third kappa shape index (κ3) is 2.91. The van der Waals surface area contributed by atoms with Crippen LogP contribution in [-0.4, -0.2) is 16.7 Å². The molecule has 0 atom stereocenters. The number of nitrogens with zero attached hydrogens (tertiary/aromatic N) is 1. The minimum atomic E-state index is -0.127. The van der Waals surface area contributed by atoms with Gasteiger partial charge in [0.1, 0.15) is 0 Å². The Labute approximate surface area is 131 Å². The molecule has 0 radical (unpaired) electrons. The molecule has 0 spiro atoms. The molecule has 0 bridgehead atoms. The van der Waals surface area contributed by atoms with Crippen LogP contribution in [0.2, 0.25) is 0 Å². The molecule has 0 unspecified atom stereocenters. The topological polar surface area (TPSA) is 59.1 Å². The fourth-order valence-electron chi connectivity index (χ4n) is 2.54. The van der Waals surface area contributed by atoms with Crippen LogP contribution in [0.15, 0.2) is 6.07 Å². The van der Waals surface area contributed by atoms with Crippen LogP contribution in [0.1, 0.15) is 55.2 Å². The van der Waals surface area contributed by atoms with Gasteiger partial charge in [-0.1, -0.05) is 11.3 Å². The Morgan fingerprint density at radius 1 is 1.24 bits per heavy atom. The number of fused-ring (bicyclic) bond motifs is 1. The SMILES string of the molecule is CC(=O)c1sc(NC(=O)c2cc3c(s2)CCCC3)nc1C. The maximum atomic E-state index is 12.3. The second-order valence-electron chi connectivity index (χ2n) is 5.21. The van der Waals surface area contributed by atoms with Gasteiger partial charge in [0.05, 0.1) is 15.4 Å². The summed E-state index contributed by atoms with van der Waals surface area (Å²) in [6.45, 7) is 3.30. The Balaban J connectivity index is 1.78. The highest BCUT2D eigenvalue weighted by Crippen LogP contribution is 2.30. The summed E-state index contributed by atoms with van der Waals surface area (Å²) in [6.07, 6.45) is 4.57. The largest absolute Gasteiger partial charge is 0.297 e. The molecule has 0 fully saturated rings. The maximum absolute atomic E-state index is 12.3. The molecule has 0 aromatic carbocycles. The van der Waals surface area contributed by atoms with Crippen LogP contribution in [-0.2, 0) is 12.8 Å². The first-order chi connectivity index (χ1) is 10.0.